The predicted molar refractivity (Wildman–Crippen MR) is 256 cm³/mol. The minimum atomic E-state index is -1.91. The number of pyridine rings is 2. The Hall–Kier alpha value is -4.90. The van der Waals surface area contributed by atoms with Gasteiger partial charge in [-0.2, -0.15) is 0 Å². The van der Waals surface area contributed by atoms with E-state index >= 15 is 0 Å². The second-order valence-electron chi connectivity index (χ2n) is 17.8. The van der Waals surface area contributed by atoms with Crippen LogP contribution in [-0.4, -0.2) is 150 Å². The van der Waals surface area contributed by atoms with Crippen molar-refractivity contribution in [1.82, 2.24) is 14.9 Å². The molecule has 0 bridgehead atoms. The number of fused-ring (bicyclic) bond motifs is 5. The van der Waals surface area contributed by atoms with Crippen LogP contribution in [0.2, 0.25) is 0 Å². The SMILES string of the molecule is CC[C@@]1(O)C(=O)OCc2c1cc1n(c2=O)Cc2c-1nc1ccc(NC(=O)[C@H](C)NC(=O)[C@@H](CCOCCOCCOCCOCCOCCOCCOCCOCCC(N)=O)C(C)C)c3c1c2CCC3. The lowest BCUT2D eigenvalue weighted by Gasteiger charge is -2.31. The normalized spacial score (nSPS) is 16.7. The average molecular weight is 982 g/mol. The van der Waals surface area contributed by atoms with Crippen molar-refractivity contribution >= 4 is 40.3 Å². The van der Waals surface area contributed by atoms with Crippen molar-refractivity contribution in [2.45, 2.75) is 91.0 Å². The van der Waals surface area contributed by atoms with Crippen LogP contribution in [0.25, 0.3) is 22.3 Å². The lowest BCUT2D eigenvalue weighted by Crippen LogP contribution is -2.45. The molecule has 386 valence electrons. The van der Waals surface area contributed by atoms with Crippen LogP contribution in [0.3, 0.4) is 0 Å². The molecule has 0 fully saturated rings. The molecule has 2 aromatic heterocycles. The number of aromatic nitrogens is 2. The number of amides is 3. The molecule has 0 unspecified atom stereocenters. The maximum atomic E-state index is 13.8. The monoisotopic (exact) mass is 981 g/mol. The number of ether oxygens (including phenoxy) is 9. The molecule has 1 aromatic carbocycles. The number of anilines is 1. The van der Waals surface area contributed by atoms with Crippen molar-refractivity contribution in [3.8, 4) is 11.4 Å². The Morgan fingerprint density at radius 3 is 1.84 bits per heavy atom. The number of primary amides is 1. The third-order valence-electron chi connectivity index (χ3n) is 12.8. The minimum Gasteiger partial charge on any atom is -0.458 e. The number of carbonyl (C=O) groups is 4. The summed E-state index contributed by atoms with van der Waals surface area (Å²) < 4.78 is 50.8. The van der Waals surface area contributed by atoms with Crippen molar-refractivity contribution in [2.24, 2.45) is 17.6 Å². The molecule has 4 heterocycles. The van der Waals surface area contributed by atoms with E-state index in [9.17, 15) is 29.1 Å². The van der Waals surface area contributed by atoms with E-state index in [4.69, 9.17) is 53.3 Å². The fraction of sp³-hybridized carbons (Fsp3) is 0.640. The second-order valence-corrected chi connectivity index (χ2v) is 17.8. The van der Waals surface area contributed by atoms with E-state index in [1.54, 1.807) is 24.5 Å². The minimum absolute atomic E-state index is 0.0135. The van der Waals surface area contributed by atoms with Gasteiger partial charge in [0.2, 0.25) is 17.7 Å². The summed E-state index contributed by atoms with van der Waals surface area (Å²) in [5, 5.41) is 18.2. The Kier molecular flexibility index (Phi) is 21.0. The van der Waals surface area contributed by atoms with Gasteiger partial charge in [-0.1, -0.05) is 20.8 Å². The summed E-state index contributed by atoms with van der Waals surface area (Å²) in [5.41, 5.74) is 8.90. The smallest absolute Gasteiger partial charge is 0.343 e. The van der Waals surface area contributed by atoms with Crippen LogP contribution in [0.1, 0.15) is 81.2 Å². The molecule has 0 radical (unpaired) electrons. The van der Waals surface area contributed by atoms with E-state index in [-0.39, 0.29) is 65.7 Å². The Morgan fingerprint density at radius 1 is 0.757 bits per heavy atom. The fourth-order valence-corrected chi connectivity index (χ4v) is 8.85. The molecule has 0 saturated heterocycles. The van der Waals surface area contributed by atoms with E-state index < -0.39 is 17.6 Å². The highest BCUT2D eigenvalue weighted by atomic mass is 16.6. The summed E-state index contributed by atoms with van der Waals surface area (Å²) in [4.78, 5) is 69.2. The predicted octanol–water partition coefficient (Wildman–Crippen LogP) is 2.68. The molecule has 0 spiro atoms. The molecule has 20 heteroatoms. The Balaban J connectivity index is 0.837. The van der Waals surface area contributed by atoms with Crippen molar-refractivity contribution in [3.63, 3.8) is 0 Å². The van der Waals surface area contributed by atoms with Gasteiger partial charge in [-0.05, 0) is 74.3 Å². The van der Waals surface area contributed by atoms with Crippen molar-refractivity contribution < 1.29 is 66.9 Å². The number of nitrogens with zero attached hydrogens (tertiary/aromatic N) is 2. The summed E-state index contributed by atoms with van der Waals surface area (Å²) >= 11 is 0. The molecular formula is C50H71N5O15. The number of aryl methyl sites for hydroxylation is 2. The number of cyclic esters (lactones) is 1. The first kappa shape index (κ1) is 54.4. The summed E-state index contributed by atoms with van der Waals surface area (Å²) in [7, 11) is 0. The van der Waals surface area contributed by atoms with Gasteiger partial charge < -0.3 is 68.7 Å². The zero-order valence-electron chi connectivity index (χ0n) is 41.1. The molecule has 6 rings (SSSR count). The van der Waals surface area contributed by atoms with Gasteiger partial charge in [0.25, 0.3) is 5.56 Å². The third-order valence-corrected chi connectivity index (χ3v) is 12.8. The topological polar surface area (TPSA) is 257 Å². The number of esters is 1. The van der Waals surface area contributed by atoms with Gasteiger partial charge in [0.1, 0.15) is 12.6 Å². The molecule has 3 aromatic rings. The number of carbonyl (C=O) groups excluding carboxylic acids is 4. The Bertz CT molecular complexity index is 2320. The zero-order valence-corrected chi connectivity index (χ0v) is 41.1. The average Bonchev–Trinajstić information content (AvgIpc) is 3.72. The molecule has 1 aliphatic carbocycles. The van der Waals surface area contributed by atoms with Crippen LogP contribution in [0, 0.1) is 11.8 Å². The van der Waals surface area contributed by atoms with Gasteiger partial charge in [-0.25, -0.2) is 9.78 Å². The molecule has 3 aliphatic rings. The number of nitrogens with one attached hydrogen (secondary N) is 2. The number of hydrogen-bond donors (Lipinski definition) is 4. The summed E-state index contributed by atoms with van der Waals surface area (Å²) in [5.74, 6) is -2.07. The number of rotatable bonds is 33. The van der Waals surface area contributed by atoms with Crippen LogP contribution < -0.4 is 21.9 Å². The quantitative estimate of drug-likeness (QED) is 0.0395. The number of nitrogens with two attached hydrogens (primary N) is 1. The second kappa shape index (κ2) is 27.1. The van der Waals surface area contributed by atoms with E-state index in [0.717, 1.165) is 40.4 Å². The van der Waals surface area contributed by atoms with Gasteiger partial charge in [-0.15, -0.1) is 0 Å². The number of aliphatic hydroxyl groups is 1. The molecule has 70 heavy (non-hydrogen) atoms. The van der Waals surface area contributed by atoms with Crippen LogP contribution in [0.4, 0.5) is 5.69 Å². The maximum absolute atomic E-state index is 13.8. The lowest BCUT2D eigenvalue weighted by molar-refractivity contribution is -0.172. The largest absolute Gasteiger partial charge is 0.458 e. The fourth-order valence-electron chi connectivity index (χ4n) is 8.85. The molecule has 3 atom stereocenters. The Morgan fingerprint density at radius 2 is 1.30 bits per heavy atom. The highest BCUT2D eigenvalue weighted by Crippen LogP contribution is 2.43. The molecule has 5 N–H and O–H groups in total. The maximum Gasteiger partial charge on any atom is 0.343 e. The first-order chi connectivity index (χ1) is 33.8. The van der Waals surface area contributed by atoms with Crippen LogP contribution in [0.5, 0.6) is 0 Å². The van der Waals surface area contributed by atoms with Crippen molar-refractivity contribution in [3.05, 3.63) is 56.4 Å². The van der Waals surface area contributed by atoms with E-state index in [2.05, 4.69) is 10.6 Å². The van der Waals surface area contributed by atoms with Crippen LogP contribution >= 0.6 is 0 Å². The van der Waals surface area contributed by atoms with E-state index in [1.165, 1.54) is 0 Å². The highest BCUT2D eigenvalue weighted by Gasteiger charge is 2.45. The van der Waals surface area contributed by atoms with Gasteiger partial charge in [-0.3, -0.25) is 19.2 Å². The number of hydrogen-bond acceptors (Lipinski definition) is 16. The van der Waals surface area contributed by atoms with Crippen molar-refractivity contribution in [2.75, 3.05) is 111 Å². The lowest BCUT2D eigenvalue weighted by atomic mass is 9.85. The van der Waals surface area contributed by atoms with Crippen molar-refractivity contribution in [1.29, 1.82) is 0 Å². The highest BCUT2D eigenvalue weighted by molar-refractivity contribution is 6.02. The third kappa shape index (κ3) is 14.2. The molecule has 3 amide bonds. The summed E-state index contributed by atoms with van der Waals surface area (Å²) in [6.07, 6.45) is 3.05. The summed E-state index contributed by atoms with van der Waals surface area (Å²) in [6.45, 7) is 14.0. The van der Waals surface area contributed by atoms with Gasteiger partial charge in [0.15, 0.2) is 5.60 Å². The molecule has 20 nitrogen and oxygen atoms in total. The molecule has 2 aliphatic heterocycles. The number of benzene rings is 1. The summed E-state index contributed by atoms with van der Waals surface area (Å²) in [6, 6.07) is 4.60. The van der Waals surface area contributed by atoms with Crippen LogP contribution in [-0.2, 0) is 93.4 Å². The van der Waals surface area contributed by atoms with E-state index in [1.807, 2.05) is 26.0 Å². The van der Waals surface area contributed by atoms with E-state index in [0.29, 0.717) is 142 Å². The molecule has 0 saturated carbocycles. The molecular weight excluding hydrogens is 911 g/mol. The van der Waals surface area contributed by atoms with Gasteiger partial charge in [0, 0.05) is 41.1 Å². The van der Waals surface area contributed by atoms with Gasteiger partial charge >= 0.3 is 5.97 Å². The van der Waals surface area contributed by atoms with Crippen LogP contribution in [0.15, 0.2) is 23.0 Å². The zero-order chi connectivity index (χ0) is 50.0. The van der Waals surface area contributed by atoms with Gasteiger partial charge in [0.05, 0.1) is 128 Å². The first-order valence-electron chi connectivity index (χ1n) is 24.5. The standard InChI is InChI=1S/C50H71N5O15/c1-5-50(61)39-29-42-45-37(30-55(42)48(59)38(39)31-70-49(50)60)35-7-6-8-36-40(9-10-41(53-45)44(35)36)54-46(57)33(4)52-47(58)34(32(2)3)11-13-62-15-17-64-19-21-66-23-25-68-27-28-69-26-24-67-22-20-65-18-16-63-14-12-43(51)56/h9-10,29,32-34,61H,5-8,11-28,30-31H2,1-4H3,(H2,51,56)(H,52,58)(H,54,57)/t33-,34-,50-/m0/s1. The first-order valence-corrected chi connectivity index (χ1v) is 24.5. The Labute approximate surface area is 408 Å².